The molecule has 3 unspecified atom stereocenters. The number of likely N-dealkylation sites (N-methyl/N-ethyl adjacent to an activating group) is 1. The third kappa shape index (κ3) is 56.0. The van der Waals surface area contributed by atoms with Crippen LogP contribution in [-0.2, 0) is 18.4 Å². The van der Waals surface area contributed by atoms with Gasteiger partial charge in [-0.05, 0) is 103 Å². The van der Waals surface area contributed by atoms with E-state index in [1.165, 1.54) is 64.2 Å². The van der Waals surface area contributed by atoms with Gasteiger partial charge in [-0.2, -0.15) is 0 Å². The zero-order valence-electron chi connectivity index (χ0n) is 47.0. The number of nitrogens with zero attached hydrogens (tertiary/aromatic N) is 1. The summed E-state index contributed by atoms with van der Waals surface area (Å²) in [6.45, 7) is 4.48. The molecule has 0 saturated carbocycles. The fourth-order valence-corrected chi connectivity index (χ4v) is 8.06. The summed E-state index contributed by atoms with van der Waals surface area (Å²) in [5, 5.41) is 13.8. The standard InChI is InChI=1S/C64H107N2O6P/c1-6-8-10-12-14-16-18-20-22-23-24-25-26-27-28-29-30-31-32-33-34-35-36-37-38-39-40-41-42-43-44-46-48-50-52-54-56-58-64(68)65-62(61-72-73(69,70)71-60-59-66(3,4)5)63(67)57-55-53-51-49-47-45-21-19-17-15-13-11-9-7-2/h8,10,14,16,20,22,24-25,27-28,30-31,33-34,36-37,39-40,42-43,46,48,55,57,62-63,67H,6-7,9,11-13,15,17-19,21,23,26,29,32,35,38,41,44-45,47,49-54,56,58-61H2,1-5H3,(H-,65,68,69,70)/b10-8-,16-14-,22-20-,25-24-,28-27-,31-30-,34-33-,37-36-,40-39-,43-42-,48-46-,57-55+. The summed E-state index contributed by atoms with van der Waals surface area (Å²) in [4.78, 5) is 25.4. The number of nitrogens with one attached hydrogen (secondary N) is 1. The van der Waals surface area contributed by atoms with E-state index < -0.39 is 26.6 Å². The van der Waals surface area contributed by atoms with Crippen LogP contribution < -0.4 is 10.2 Å². The minimum absolute atomic E-state index is 0.0158. The molecule has 0 radical (unpaired) electrons. The molecule has 0 aliphatic heterocycles. The number of aliphatic hydroxyl groups excluding tert-OH is 1. The summed E-state index contributed by atoms with van der Waals surface area (Å²) in [5.41, 5.74) is 0. The van der Waals surface area contributed by atoms with Gasteiger partial charge in [0.2, 0.25) is 5.91 Å². The third-order valence-electron chi connectivity index (χ3n) is 11.8. The Kier molecular flexibility index (Phi) is 50.6. The molecule has 0 aliphatic rings. The highest BCUT2D eigenvalue weighted by atomic mass is 31.2. The molecule has 0 heterocycles. The number of amides is 1. The van der Waals surface area contributed by atoms with Crippen molar-refractivity contribution in [2.45, 2.75) is 212 Å². The lowest BCUT2D eigenvalue weighted by molar-refractivity contribution is -0.870. The van der Waals surface area contributed by atoms with Crippen LogP contribution in [0.1, 0.15) is 200 Å². The molecular formula is C64H107N2O6P. The molecule has 73 heavy (non-hydrogen) atoms. The second kappa shape index (κ2) is 53.2. The number of carbonyl (C=O) groups excluding carboxylic acids is 1. The van der Waals surface area contributed by atoms with Gasteiger partial charge < -0.3 is 28.8 Å². The first-order chi connectivity index (χ1) is 35.5. The van der Waals surface area contributed by atoms with E-state index in [0.717, 1.165) is 109 Å². The van der Waals surface area contributed by atoms with E-state index in [-0.39, 0.29) is 12.5 Å². The van der Waals surface area contributed by atoms with Gasteiger partial charge in [-0.3, -0.25) is 9.36 Å². The summed E-state index contributed by atoms with van der Waals surface area (Å²) >= 11 is 0. The highest BCUT2D eigenvalue weighted by Crippen LogP contribution is 2.38. The van der Waals surface area contributed by atoms with Gasteiger partial charge in [0.25, 0.3) is 7.82 Å². The van der Waals surface area contributed by atoms with Gasteiger partial charge in [0.05, 0.1) is 39.9 Å². The van der Waals surface area contributed by atoms with E-state index in [9.17, 15) is 19.4 Å². The minimum Gasteiger partial charge on any atom is -0.756 e. The van der Waals surface area contributed by atoms with Crippen LogP contribution in [0.5, 0.6) is 0 Å². The van der Waals surface area contributed by atoms with Crippen molar-refractivity contribution in [1.29, 1.82) is 0 Å². The molecule has 414 valence electrons. The Morgan fingerprint density at radius 1 is 0.493 bits per heavy atom. The Morgan fingerprint density at radius 3 is 1.22 bits per heavy atom. The predicted molar refractivity (Wildman–Crippen MR) is 315 cm³/mol. The van der Waals surface area contributed by atoms with Crippen molar-refractivity contribution in [2.75, 3.05) is 40.9 Å². The van der Waals surface area contributed by atoms with Crippen molar-refractivity contribution in [3.63, 3.8) is 0 Å². The monoisotopic (exact) mass is 1030 g/mol. The number of quaternary nitrogens is 1. The molecule has 0 fully saturated rings. The number of aliphatic hydroxyl groups is 1. The Bertz CT molecular complexity index is 1690. The molecule has 0 aromatic heterocycles. The van der Waals surface area contributed by atoms with Crippen LogP contribution in [0.25, 0.3) is 0 Å². The first kappa shape index (κ1) is 69.4. The van der Waals surface area contributed by atoms with Gasteiger partial charge in [0.1, 0.15) is 13.2 Å². The molecule has 8 nitrogen and oxygen atoms in total. The van der Waals surface area contributed by atoms with Crippen molar-refractivity contribution in [3.8, 4) is 0 Å². The van der Waals surface area contributed by atoms with E-state index in [1.54, 1.807) is 6.08 Å². The van der Waals surface area contributed by atoms with Crippen LogP contribution >= 0.6 is 7.82 Å². The first-order valence-corrected chi connectivity index (χ1v) is 30.2. The summed E-state index contributed by atoms with van der Waals surface area (Å²) in [7, 11) is 1.21. The molecule has 0 rings (SSSR count). The number of hydrogen-bond donors (Lipinski definition) is 2. The zero-order chi connectivity index (χ0) is 53.5. The molecule has 0 aromatic rings. The topological polar surface area (TPSA) is 108 Å². The second-order valence-electron chi connectivity index (χ2n) is 19.9. The SMILES string of the molecule is CC/C=C\C/C=C\C/C=C\C/C=C\C/C=C\C/C=C\C/C=C\C/C=C\C/C=C\C/C=C\C/C=C\CCCCCC(=O)NC(COP(=O)([O-])OCC[N+](C)(C)C)C(O)/C=C/CCCCCCCCCCCCCC. The van der Waals surface area contributed by atoms with E-state index in [2.05, 4.69) is 153 Å². The summed E-state index contributed by atoms with van der Waals surface area (Å²) in [6.07, 6.45) is 82.1. The van der Waals surface area contributed by atoms with E-state index in [4.69, 9.17) is 9.05 Å². The van der Waals surface area contributed by atoms with Crippen molar-refractivity contribution in [2.24, 2.45) is 0 Å². The summed E-state index contributed by atoms with van der Waals surface area (Å²) in [6, 6.07) is -0.915. The number of hydrogen-bond acceptors (Lipinski definition) is 6. The van der Waals surface area contributed by atoms with Crippen molar-refractivity contribution < 1.29 is 32.9 Å². The Labute approximate surface area is 449 Å². The van der Waals surface area contributed by atoms with Crippen molar-refractivity contribution >= 4 is 13.7 Å². The van der Waals surface area contributed by atoms with Crippen LogP contribution in [0.3, 0.4) is 0 Å². The van der Waals surface area contributed by atoms with E-state index in [1.807, 2.05) is 27.2 Å². The maximum absolute atomic E-state index is 12.9. The molecule has 9 heteroatoms. The molecule has 0 aliphatic carbocycles. The predicted octanol–water partition coefficient (Wildman–Crippen LogP) is 17.1. The van der Waals surface area contributed by atoms with Crippen LogP contribution in [-0.4, -0.2) is 68.5 Å². The van der Waals surface area contributed by atoms with E-state index >= 15 is 0 Å². The van der Waals surface area contributed by atoms with Crippen LogP contribution in [0.2, 0.25) is 0 Å². The minimum atomic E-state index is -4.61. The van der Waals surface area contributed by atoms with Crippen LogP contribution in [0.15, 0.2) is 146 Å². The normalized spacial score (nSPS) is 15.0. The lowest BCUT2D eigenvalue weighted by Gasteiger charge is -2.29. The second-order valence-corrected chi connectivity index (χ2v) is 21.3. The van der Waals surface area contributed by atoms with Gasteiger partial charge in [0.15, 0.2) is 0 Å². The highest BCUT2D eigenvalue weighted by molar-refractivity contribution is 7.45. The molecule has 0 bridgehead atoms. The fraction of sp³-hybridized carbons (Fsp3) is 0.609. The molecule has 0 saturated heterocycles. The average molecular weight is 1030 g/mol. The number of phosphoric ester groups is 1. The van der Waals surface area contributed by atoms with E-state index in [0.29, 0.717) is 23.9 Å². The number of unbranched alkanes of at least 4 members (excludes halogenated alkanes) is 15. The molecule has 3 atom stereocenters. The maximum atomic E-state index is 12.9. The van der Waals surface area contributed by atoms with Crippen molar-refractivity contribution in [1.82, 2.24) is 5.32 Å². The summed E-state index contributed by atoms with van der Waals surface area (Å²) < 4.78 is 23.3. The van der Waals surface area contributed by atoms with Crippen LogP contribution in [0.4, 0.5) is 0 Å². The number of rotatable bonds is 50. The average Bonchev–Trinajstić information content (AvgIpc) is 3.35. The fourth-order valence-electron chi connectivity index (χ4n) is 7.33. The van der Waals surface area contributed by atoms with Crippen molar-refractivity contribution in [3.05, 3.63) is 146 Å². The highest BCUT2D eigenvalue weighted by Gasteiger charge is 2.23. The molecule has 0 spiro atoms. The van der Waals surface area contributed by atoms with Gasteiger partial charge in [-0.15, -0.1) is 0 Å². The van der Waals surface area contributed by atoms with Gasteiger partial charge in [-0.1, -0.05) is 237 Å². The number of phosphoric acid groups is 1. The Balaban J connectivity index is 4.27. The largest absolute Gasteiger partial charge is 0.756 e. The molecule has 2 N–H and O–H groups in total. The Morgan fingerprint density at radius 2 is 0.836 bits per heavy atom. The smallest absolute Gasteiger partial charge is 0.268 e. The van der Waals surface area contributed by atoms with Gasteiger partial charge in [-0.25, -0.2) is 0 Å². The van der Waals surface area contributed by atoms with Gasteiger partial charge >= 0.3 is 0 Å². The zero-order valence-corrected chi connectivity index (χ0v) is 47.9. The summed E-state index contributed by atoms with van der Waals surface area (Å²) in [5.74, 6) is -0.236. The molecular weight excluding hydrogens is 924 g/mol. The molecule has 0 aromatic carbocycles. The Hall–Kier alpha value is -3.62. The number of carbonyl (C=O) groups is 1. The lowest BCUT2D eigenvalue weighted by atomic mass is 10.0. The lowest BCUT2D eigenvalue weighted by Crippen LogP contribution is -2.45. The number of allylic oxidation sites excluding steroid dienone is 23. The first-order valence-electron chi connectivity index (χ1n) is 28.7. The van der Waals surface area contributed by atoms with Gasteiger partial charge in [0, 0.05) is 6.42 Å². The maximum Gasteiger partial charge on any atom is 0.268 e. The van der Waals surface area contributed by atoms with Crippen LogP contribution in [0, 0.1) is 0 Å². The quantitative estimate of drug-likeness (QED) is 0.0272. The third-order valence-corrected chi connectivity index (χ3v) is 12.8. The molecule has 1 amide bonds.